The van der Waals surface area contributed by atoms with Crippen LogP contribution in [-0.4, -0.2) is 41.4 Å². The maximum absolute atomic E-state index is 14.8. The third kappa shape index (κ3) is 2.83. The fourth-order valence-corrected chi connectivity index (χ4v) is 3.54. The summed E-state index contributed by atoms with van der Waals surface area (Å²) in [6.07, 6.45) is 4.62. The first-order valence-corrected chi connectivity index (χ1v) is 8.50. The lowest BCUT2D eigenvalue weighted by Crippen LogP contribution is -2.30. The van der Waals surface area contributed by atoms with Crippen LogP contribution in [-0.2, 0) is 0 Å². The summed E-state index contributed by atoms with van der Waals surface area (Å²) in [7, 11) is 0. The molecule has 0 amide bonds. The number of anilines is 1. The zero-order chi connectivity index (χ0) is 15.6. The first-order chi connectivity index (χ1) is 11.3. The molecule has 2 N–H and O–H groups in total. The number of hydrogen-bond donors (Lipinski definition) is 2. The van der Waals surface area contributed by atoms with Gasteiger partial charge < -0.3 is 10.2 Å². The van der Waals surface area contributed by atoms with Crippen molar-refractivity contribution in [1.29, 1.82) is 0 Å². The SMILES string of the molecule is Fc1c(-c2cccc(N3CCCCC3)n2)n[nH]c1C1CCNC1. The number of rotatable bonds is 3. The number of aromatic nitrogens is 3. The van der Waals surface area contributed by atoms with Crippen molar-refractivity contribution < 1.29 is 4.39 Å². The van der Waals surface area contributed by atoms with Crippen LogP contribution >= 0.6 is 0 Å². The van der Waals surface area contributed by atoms with Crippen LogP contribution in [0.2, 0.25) is 0 Å². The van der Waals surface area contributed by atoms with E-state index in [4.69, 9.17) is 0 Å². The van der Waals surface area contributed by atoms with Gasteiger partial charge in [0.15, 0.2) is 5.82 Å². The Morgan fingerprint density at radius 2 is 2.04 bits per heavy atom. The number of pyridine rings is 1. The summed E-state index contributed by atoms with van der Waals surface area (Å²) < 4.78 is 14.8. The van der Waals surface area contributed by atoms with Crippen molar-refractivity contribution in [2.24, 2.45) is 0 Å². The van der Waals surface area contributed by atoms with Gasteiger partial charge in [0.1, 0.15) is 11.5 Å². The Kier molecular flexibility index (Phi) is 3.99. The van der Waals surface area contributed by atoms with E-state index in [9.17, 15) is 4.39 Å². The zero-order valence-corrected chi connectivity index (χ0v) is 13.2. The number of H-pyrrole nitrogens is 1. The minimum Gasteiger partial charge on any atom is -0.357 e. The minimum atomic E-state index is -0.248. The Labute approximate surface area is 135 Å². The van der Waals surface area contributed by atoms with Gasteiger partial charge in [-0.2, -0.15) is 5.10 Å². The van der Waals surface area contributed by atoms with Crippen molar-refractivity contribution >= 4 is 5.82 Å². The van der Waals surface area contributed by atoms with Crippen molar-refractivity contribution in [3.63, 3.8) is 0 Å². The van der Waals surface area contributed by atoms with Crippen LogP contribution in [0, 0.1) is 5.82 Å². The second-order valence-electron chi connectivity index (χ2n) is 6.42. The van der Waals surface area contributed by atoms with Crippen LogP contribution in [0.3, 0.4) is 0 Å². The minimum absolute atomic E-state index is 0.182. The number of hydrogen-bond acceptors (Lipinski definition) is 4. The lowest BCUT2D eigenvalue weighted by molar-refractivity contribution is 0.573. The molecule has 2 fully saturated rings. The van der Waals surface area contributed by atoms with Gasteiger partial charge in [0.05, 0.1) is 11.4 Å². The monoisotopic (exact) mass is 315 g/mol. The van der Waals surface area contributed by atoms with Gasteiger partial charge in [-0.25, -0.2) is 9.37 Å². The quantitative estimate of drug-likeness (QED) is 0.914. The molecule has 1 atom stereocenters. The molecule has 2 aliphatic rings. The molecule has 6 heteroatoms. The Morgan fingerprint density at radius 1 is 1.17 bits per heavy atom. The van der Waals surface area contributed by atoms with Gasteiger partial charge in [-0.3, -0.25) is 5.10 Å². The van der Waals surface area contributed by atoms with Crippen LogP contribution in [0.15, 0.2) is 18.2 Å². The van der Waals surface area contributed by atoms with Gasteiger partial charge in [-0.15, -0.1) is 0 Å². The third-order valence-corrected chi connectivity index (χ3v) is 4.86. The average Bonchev–Trinajstić information content (AvgIpc) is 3.25. The van der Waals surface area contributed by atoms with E-state index in [1.54, 1.807) is 0 Å². The Bertz CT molecular complexity index is 671. The van der Waals surface area contributed by atoms with Crippen LogP contribution in [0.4, 0.5) is 10.2 Å². The van der Waals surface area contributed by atoms with Crippen LogP contribution < -0.4 is 10.2 Å². The van der Waals surface area contributed by atoms with Crippen molar-refractivity contribution in [1.82, 2.24) is 20.5 Å². The van der Waals surface area contributed by atoms with Crippen molar-refractivity contribution in [3.8, 4) is 11.4 Å². The molecule has 0 saturated carbocycles. The molecule has 0 spiro atoms. The fraction of sp³-hybridized carbons (Fsp3) is 0.529. The molecule has 2 saturated heterocycles. The first-order valence-electron chi connectivity index (χ1n) is 8.50. The molecule has 4 rings (SSSR count). The zero-order valence-electron chi connectivity index (χ0n) is 13.2. The van der Waals surface area contributed by atoms with Gasteiger partial charge in [0, 0.05) is 25.6 Å². The molecule has 0 radical (unpaired) electrons. The molecule has 5 nitrogen and oxygen atoms in total. The van der Waals surface area contributed by atoms with E-state index in [0.717, 1.165) is 38.4 Å². The first kappa shape index (κ1) is 14.6. The Hall–Kier alpha value is -1.95. The van der Waals surface area contributed by atoms with E-state index in [1.807, 2.05) is 18.2 Å². The summed E-state index contributed by atoms with van der Waals surface area (Å²) in [5.41, 5.74) is 1.56. The fourth-order valence-electron chi connectivity index (χ4n) is 3.54. The standard InChI is InChI=1S/C17H22FN5/c18-15-16(12-7-8-19-11-12)21-22-17(15)13-5-4-6-14(20-13)23-9-2-1-3-10-23/h4-6,12,19H,1-3,7-11H2,(H,21,22). The number of aromatic amines is 1. The smallest absolute Gasteiger partial charge is 0.173 e. The molecule has 0 bridgehead atoms. The summed E-state index contributed by atoms with van der Waals surface area (Å²) >= 11 is 0. The van der Waals surface area contributed by atoms with E-state index in [-0.39, 0.29) is 11.7 Å². The molecule has 2 aliphatic heterocycles. The molecule has 1 unspecified atom stereocenters. The van der Waals surface area contributed by atoms with Crippen LogP contribution in [0.1, 0.15) is 37.3 Å². The summed E-state index contributed by atoms with van der Waals surface area (Å²) in [4.78, 5) is 6.93. The molecule has 122 valence electrons. The molecular formula is C17H22FN5. The van der Waals surface area contributed by atoms with E-state index < -0.39 is 0 Å². The van der Waals surface area contributed by atoms with Gasteiger partial charge in [-0.1, -0.05) is 6.07 Å². The highest BCUT2D eigenvalue weighted by Gasteiger charge is 2.25. The predicted molar refractivity (Wildman–Crippen MR) is 88.1 cm³/mol. The predicted octanol–water partition coefficient (Wildman–Crippen LogP) is 2.68. The lowest BCUT2D eigenvalue weighted by atomic mass is 10.0. The van der Waals surface area contributed by atoms with Crippen molar-refractivity contribution in [3.05, 3.63) is 29.7 Å². The summed E-state index contributed by atoms with van der Waals surface area (Å²) in [6, 6.07) is 5.78. The number of nitrogens with zero attached hydrogens (tertiary/aromatic N) is 3. The maximum atomic E-state index is 14.8. The van der Waals surface area contributed by atoms with Gasteiger partial charge in [0.25, 0.3) is 0 Å². The molecule has 2 aromatic rings. The second-order valence-corrected chi connectivity index (χ2v) is 6.42. The van der Waals surface area contributed by atoms with Crippen molar-refractivity contribution in [2.45, 2.75) is 31.6 Å². The number of piperidine rings is 1. The van der Waals surface area contributed by atoms with Crippen LogP contribution in [0.5, 0.6) is 0 Å². The highest BCUT2D eigenvalue weighted by molar-refractivity contribution is 5.59. The lowest BCUT2D eigenvalue weighted by Gasteiger charge is -2.27. The molecule has 0 aromatic carbocycles. The topological polar surface area (TPSA) is 56.8 Å². The van der Waals surface area contributed by atoms with Gasteiger partial charge in [-0.05, 0) is 44.4 Å². The molecule has 0 aliphatic carbocycles. The average molecular weight is 315 g/mol. The van der Waals surface area contributed by atoms with Crippen LogP contribution in [0.25, 0.3) is 11.4 Å². The summed E-state index contributed by atoms with van der Waals surface area (Å²) in [5, 5.41) is 10.4. The highest BCUT2D eigenvalue weighted by Crippen LogP contribution is 2.29. The second kappa shape index (κ2) is 6.28. The molecular weight excluding hydrogens is 293 g/mol. The number of nitrogens with one attached hydrogen (secondary N) is 2. The third-order valence-electron chi connectivity index (χ3n) is 4.86. The molecule has 2 aromatic heterocycles. The van der Waals surface area contributed by atoms with Gasteiger partial charge >= 0.3 is 0 Å². The largest absolute Gasteiger partial charge is 0.357 e. The van der Waals surface area contributed by atoms with E-state index >= 15 is 0 Å². The van der Waals surface area contributed by atoms with Crippen molar-refractivity contribution in [2.75, 3.05) is 31.1 Å². The summed E-state index contributed by atoms with van der Waals surface area (Å²) in [6.45, 7) is 3.79. The van der Waals surface area contributed by atoms with E-state index in [2.05, 4.69) is 25.4 Å². The van der Waals surface area contributed by atoms with E-state index in [0.29, 0.717) is 17.1 Å². The normalized spacial score (nSPS) is 21.8. The molecule has 23 heavy (non-hydrogen) atoms. The maximum Gasteiger partial charge on any atom is 0.173 e. The van der Waals surface area contributed by atoms with Gasteiger partial charge in [0.2, 0.25) is 0 Å². The highest BCUT2D eigenvalue weighted by atomic mass is 19.1. The number of halogens is 1. The molecule has 4 heterocycles. The summed E-state index contributed by atoms with van der Waals surface area (Å²) in [5.74, 6) is 0.859. The Balaban J connectivity index is 1.62. The Morgan fingerprint density at radius 3 is 2.83 bits per heavy atom. The van der Waals surface area contributed by atoms with E-state index in [1.165, 1.54) is 19.3 Å².